The molecule has 0 aliphatic heterocycles. The van der Waals surface area contributed by atoms with E-state index >= 15 is 0 Å². The summed E-state index contributed by atoms with van der Waals surface area (Å²) in [6.45, 7) is 1.90. The Kier molecular flexibility index (Phi) is 5.89. The number of carbonyl (C=O) groups excluding carboxylic acids is 1. The van der Waals surface area contributed by atoms with Crippen LogP contribution in [0.1, 0.15) is 22.2 Å². The van der Waals surface area contributed by atoms with Gasteiger partial charge in [-0.3, -0.25) is 4.79 Å². The topological polar surface area (TPSA) is 81.7 Å². The van der Waals surface area contributed by atoms with E-state index in [9.17, 15) is 13.2 Å². The lowest BCUT2D eigenvalue weighted by Crippen LogP contribution is -2.30. The minimum Gasteiger partial charge on any atom is -0.493 e. The molecule has 130 valence electrons. The molecule has 1 N–H and O–H groups in total. The number of thiophene rings is 1. The quantitative estimate of drug-likeness (QED) is 0.755. The van der Waals surface area contributed by atoms with E-state index in [2.05, 4.69) is 20.7 Å². The van der Waals surface area contributed by atoms with E-state index in [0.717, 1.165) is 5.56 Å². The van der Waals surface area contributed by atoms with Crippen molar-refractivity contribution in [2.75, 3.05) is 14.2 Å². The molecule has 0 fully saturated rings. The van der Waals surface area contributed by atoms with Gasteiger partial charge in [0, 0.05) is 10.5 Å². The highest BCUT2D eigenvalue weighted by molar-refractivity contribution is 9.10. The van der Waals surface area contributed by atoms with E-state index in [1.807, 2.05) is 6.92 Å². The molecule has 0 spiro atoms. The number of aryl methyl sites for hydroxylation is 1. The Labute approximate surface area is 153 Å². The minimum absolute atomic E-state index is 0.108. The van der Waals surface area contributed by atoms with Crippen molar-refractivity contribution in [1.82, 2.24) is 4.72 Å². The van der Waals surface area contributed by atoms with Gasteiger partial charge in [-0.25, -0.2) is 13.1 Å². The Bertz CT molecular complexity index is 861. The molecular weight excluding hydrogens is 418 g/mol. The van der Waals surface area contributed by atoms with Gasteiger partial charge in [-0.2, -0.15) is 0 Å². The first-order valence-corrected chi connectivity index (χ1v) is 10.0. The molecule has 0 unspecified atom stereocenters. The van der Waals surface area contributed by atoms with Gasteiger partial charge in [-0.1, -0.05) is 6.92 Å². The fraction of sp³-hybridized carbons (Fsp3) is 0.267. The summed E-state index contributed by atoms with van der Waals surface area (Å²) in [5, 5.41) is 1.76. The lowest BCUT2D eigenvalue weighted by atomic mass is 10.2. The van der Waals surface area contributed by atoms with E-state index in [1.165, 1.54) is 37.7 Å². The maximum absolute atomic E-state index is 12.6. The van der Waals surface area contributed by atoms with Crippen LogP contribution in [0.4, 0.5) is 0 Å². The van der Waals surface area contributed by atoms with Crippen LogP contribution in [0, 0.1) is 0 Å². The maximum atomic E-state index is 12.6. The Morgan fingerprint density at radius 3 is 2.46 bits per heavy atom. The van der Waals surface area contributed by atoms with Gasteiger partial charge in [0.25, 0.3) is 15.9 Å². The van der Waals surface area contributed by atoms with Crippen molar-refractivity contribution in [2.24, 2.45) is 0 Å². The van der Waals surface area contributed by atoms with Gasteiger partial charge < -0.3 is 9.47 Å². The second-order valence-electron chi connectivity index (χ2n) is 4.70. The highest BCUT2D eigenvalue weighted by atomic mass is 79.9. The molecule has 0 bridgehead atoms. The number of methoxy groups -OCH3 is 2. The van der Waals surface area contributed by atoms with Crippen molar-refractivity contribution in [2.45, 2.75) is 18.2 Å². The summed E-state index contributed by atoms with van der Waals surface area (Å²) in [5.41, 5.74) is 0.805. The number of nitrogens with one attached hydrogen (secondary N) is 1. The maximum Gasteiger partial charge on any atom is 0.275 e. The summed E-state index contributed by atoms with van der Waals surface area (Å²) in [5.74, 6) is -0.0244. The number of hydrogen-bond acceptors (Lipinski definition) is 6. The first kappa shape index (κ1) is 18.8. The molecule has 1 aromatic heterocycles. The SMILES string of the molecule is CCc1ccsc1C(=O)NS(=O)(=O)c1cc(OC)c(OC)cc1Br. The second-order valence-corrected chi connectivity index (χ2v) is 8.12. The van der Waals surface area contributed by atoms with E-state index in [0.29, 0.717) is 17.0 Å². The van der Waals surface area contributed by atoms with Crippen LogP contribution >= 0.6 is 27.3 Å². The minimum atomic E-state index is -4.07. The third-order valence-electron chi connectivity index (χ3n) is 3.29. The second kappa shape index (κ2) is 7.54. The van der Waals surface area contributed by atoms with E-state index in [1.54, 1.807) is 11.4 Å². The molecule has 0 aliphatic rings. The summed E-state index contributed by atoms with van der Waals surface area (Å²) >= 11 is 4.39. The first-order chi connectivity index (χ1) is 11.3. The van der Waals surface area contributed by atoms with Crippen LogP contribution in [0.2, 0.25) is 0 Å². The highest BCUT2D eigenvalue weighted by Gasteiger charge is 2.25. The summed E-state index contributed by atoms with van der Waals surface area (Å²) < 4.78 is 37.7. The van der Waals surface area contributed by atoms with Gasteiger partial charge in [0.1, 0.15) is 4.90 Å². The van der Waals surface area contributed by atoms with Crippen molar-refractivity contribution < 1.29 is 22.7 Å². The number of hydrogen-bond donors (Lipinski definition) is 1. The lowest BCUT2D eigenvalue weighted by molar-refractivity contribution is 0.0984. The predicted octanol–water partition coefficient (Wildman–Crippen LogP) is 3.21. The molecule has 24 heavy (non-hydrogen) atoms. The Morgan fingerprint density at radius 2 is 1.88 bits per heavy atom. The summed E-state index contributed by atoms with van der Waals surface area (Å²) in [6.07, 6.45) is 0.645. The fourth-order valence-corrected chi connectivity index (χ4v) is 5.03. The van der Waals surface area contributed by atoms with Crippen LogP contribution in [-0.4, -0.2) is 28.5 Å². The van der Waals surface area contributed by atoms with Crippen molar-refractivity contribution in [3.05, 3.63) is 38.5 Å². The molecule has 6 nitrogen and oxygen atoms in total. The standard InChI is InChI=1S/C15H16BrNO5S2/c1-4-9-5-6-23-14(9)15(18)17-24(19,20)13-8-12(22-3)11(21-2)7-10(13)16/h5-8H,4H2,1-3H3,(H,17,18). The summed E-state index contributed by atoms with van der Waals surface area (Å²) in [7, 11) is -1.22. The van der Waals surface area contributed by atoms with Gasteiger partial charge in [0.2, 0.25) is 0 Å². The molecule has 0 aliphatic carbocycles. The summed E-state index contributed by atoms with van der Waals surface area (Å²) in [6, 6.07) is 4.58. The normalized spacial score (nSPS) is 11.2. The third-order valence-corrected chi connectivity index (χ3v) is 6.53. The number of carbonyl (C=O) groups is 1. The molecule has 0 saturated carbocycles. The van der Waals surface area contributed by atoms with Crippen molar-refractivity contribution in [3.8, 4) is 11.5 Å². The number of rotatable bonds is 6. The molecular formula is C15H16BrNO5S2. The summed E-state index contributed by atoms with van der Waals surface area (Å²) in [4.78, 5) is 12.6. The van der Waals surface area contributed by atoms with Gasteiger partial charge >= 0.3 is 0 Å². The highest BCUT2D eigenvalue weighted by Crippen LogP contribution is 2.35. The zero-order valence-electron chi connectivity index (χ0n) is 13.3. The Balaban J connectivity index is 2.39. The zero-order chi connectivity index (χ0) is 17.9. The molecule has 0 saturated heterocycles. The smallest absolute Gasteiger partial charge is 0.275 e. The van der Waals surface area contributed by atoms with Crippen LogP contribution in [0.15, 0.2) is 32.9 Å². The Morgan fingerprint density at radius 1 is 1.25 bits per heavy atom. The van der Waals surface area contributed by atoms with Crippen molar-refractivity contribution >= 4 is 43.2 Å². The predicted molar refractivity (Wildman–Crippen MR) is 95.6 cm³/mol. The van der Waals surface area contributed by atoms with Gasteiger partial charge in [0.15, 0.2) is 11.5 Å². The van der Waals surface area contributed by atoms with Gasteiger partial charge in [0.05, 0.1) is 19.1 Å². The van der Waals surface area contributed by atoms with Crippen LogP contribution < -0.4 is 14.2 Å². The lowest BCUT2D eigenvalue weighted by Gasteiger charge is -2.13. The fourth-order valence-electron chi connectivity index (χ4n) is 2.08. The monoisotopic (exact) mass is 433 g/mol. The molecule has 0 radical (unpaired) electrons. The molecule has 2 aromatic rings. The Hall–Kier alpha value is -1.58. The van der Waals surface area contributed by atoms with Crippen LogP contribution in [0.25, 0.3) is 0 Å². The number of sulfonamides is 1. The van der Waals surface area contributed by atoms with Crippen LogP contribution in [0.3, 0.4) is 0 Å². The zero-order valence-corrected chi connectivity index (χ0v) is 16.5. The molecule has 0 atom stereocenters. The van der Waals surface area contributed by atoms with E-state index < -0.39 is 15.9 Å². The molecule has 2 rings (SSSR count). The van der Waals surface area contributed by atoms with Crippen molar-refractivity contribution in [3.63, 3.8) is 0 Å². The molecule has 1 aromatic carbocycles. The number of ether oxygens (including phenoxy) is 2. The van der Waals surface area contributed by atoms with E-state index in [-0.39, 0.29) is 15.1 Å². The van der Waals surface area contributed by atoms with Crippen LogP contribution in [-0.2, 0) is 16.4 Å². The van der Waals surface area contributed by atoms with Gasteiger partial charge in [-0.15, -0.1) is 11.3 Å². The number of benzene rings is 1. The average Bonchev–Trinajstić information content (AvgIpc) is 3.02. The van der Waals surface area contributed by atoms with Crippen LogP contribution in [0.5, 0.6) is 11.5 Å². The number of halogens is 1. The third kappa shape index (κ3) is 3.73. The number of amides is 1. The average molecular weight is 434 g/mol. The van der Waals surface area contributed by atoms with Gasteiger partial charge in [-0.05, 0) is 45.4 Å². The largest absolute Gasteiger partial charge is 0.493 e. The molecule has 9 heteroatoms. The van der Waals surface area contributed by atoms with E-state index in [4.69, 9.17) is 9.47 Å². The molecule has 1 heterocycles. The van der Waals surface area contributed by atoms with Crippen molar-refractivity contribution in [1.29, 1.82) is 0 Å². The first-order valence-electron chi connectivity index (χ1n) is 6.89. The molecule has 1 amide bonds.